The van der Waals surface area contributed by atoms with Crippen molar-refractivity contribution in [3.63, 3.8) is 0 Å². The lowest BCUT2D eigenvalue weighted by Gasteiger charge is -2.24. The van der Waals surface area contributed by atoms with Crippen molar-refractivity contribution >= 4 is 11.6 Å². The smallest absolute Gasteiger partial charge is 0.123 e. The van der Waals surface area contributed by atoms with Gasteiger partial charge in [-0.1, -0.05) is 57.0 Å². The summed E-state index contributed by atoms with van der Waals surface area (Å²) in [5, 5.41) is 4.25. The van der Waals surface area contributed by atoms with E-state index in [1.54, 1.807) is 12.1 Å². The van der Waals surface area contributed by atoms with Gasteiger partial charge < -0.3 is 5.32 Å². The molecule has 118 valence electrons. The Kier molecular flexibility index (Phi) is 6.98. The minimum Gasteiger partial charge on any atom is -0.314 e. The molecule has 3 heteroatoms. The molecule has 1 nitrogen and oxygen atoms in total. The van der Waals surface area contributed by atoms with Crippen molar-refractivity contribution in [3.8, 4) is 0 Å². The Bertz CT molecular complexity index is 427. The molecule has 1 fully saturated rings. The summed E-state index contributed by atoms with van der Waals surface area (Å²) in [4.78, 5) is 0. The highest BCUT2D eigenvalue weighted by atomic mass is 35.5. The fraction of sp³-hybridized carbons (Fsp3) is 0.667. The Hall–Kier alpha value is -0.600. The summed E-state index contributed by atoms with van der Waals surface area (Å²) in [6.45, 7) is 3.08. The van der Waals surface area contributed by atoms with E-state index >= 15 is 0 Å². The van der Waals surface area contributed by atoms with Crippen LogP contribution >= 0.6 is 11.6 Å². The van der Waals surface area contributed by atoms with Gasteiger partial charge in [0, 0.05) is 11.1 Å². The zero-order chi connectivity index (χ0) is 15.1. The van der Waals surface area contributed by atoms with Crippen LogP contribution in [0.3, 0.4) is 0 Å². The van der Waals surface area contributed by atoms with E-state index in [1.807, 2.05) is 0 Å². The molecule has 1 aromatic carbocycles. The molecule has 2 rings (SSSR count). The second-order valence-electron chi connectivity index (χ2n) is 6.29. The van der Waals surface area contributed by atoms with Gasteiger partial charge in [0.1, 0.15) is 5.82 Å². The Morgan fingerprint density at radius 1 is 1.24 bits per heavy atom. The molecule has 1 N–H and O–H groups in total. The third-order valence-corrected chi connectivity index (χ3v) is 4.93. The molecule has 21 heavy (non-hydrogen) atoms. The maximum Gasteiger partial charge on any atom is 0.123 e. The predicted molar refractivity (Wildman–Crippen MR) is 88.4 cm³/mol. The normalized spacial score (nSPS) is 18.4. The van der Waals surface area contributed by atoms with Crippen LogP contribution in [0.15, 0.2) is 18.2 Å². The molecule has 0 spiro atoms. The number of hydrogen-bond donors (Lipinski definition) is 1. The Morgan fingerprint density at radius 2 is 1.95 bits per heavy atom. The van der Waals surface area contributed by atoms with E-state index in [0.717, 1.165) is 24.4 Å². The van der Waals surface area contributed by atoms with Gasteiger partial charge in [-0.2, -0.15) is 0 Å². The molecule has 1 atom stereocenters. The molecule has 1 unspecified atom stereocenters. The molecule has 0 saturated heterocycles. The maximum absolute atomic E-state index is 13.4. The summed E-state index contributed by atoms with van der Waals surface area (Å²) in [6.07, 6.45) is 10.2. The van der Waals surface area contributed by atoms with Crippen LogP contribution in [0.1, 0.15) is 57.4 Å². The van der Waals surface area contributed by atoms with Crippen molar-refractivity contribution < 1.29 is 4.39 Å². The van der Waals surface area contributed by atoms with Gasteiger partial charge in [0.15, 0.2) is 0 Å². The minimum absolute atomic E-state index is 0.195. The van der Waals surface area contributed by atoms with Gasteiger partial charge in [-0.15, -0.1) is 0 Å². The quantitative estimate of drug-likeness (QED) is 0.697. The van der Waals surface area contributed by atoms with Gasteiger partial charge in [0.25, 0.3) is 0 Å². The molecule has 0 radical (unpaired) electrons. The summed E-state index contributed by atoms with van der Waals surface area (Å²) >= 11 is 6.21. The first-order valence-electron chi connectivity index (χ1n) is 8.36. The van der Waals surface area contributed by atoms with E-state index in [4.69, 9.17) is 11.6 Å². The van der Waals surface area contributed by atoms with Crippen LogP contribution in [0.5, 0.6) is 0 Å². The Morgan fingerprint density at radius 3 is 2.62 bits per heavy atom. The average molecular weight is 312 g/mol. The van der Waals surface area contributed by atoms with Crippen molar-refractivity contribution in [1.82, 2.24) is 5.32 Å². The standard InChI is InChI=1S/C18H27ClFN/c1-2-21-17(11-14-7-5-3-4-6-8-14)13-15-12-16(20)9-10-18(15)19/h9-10,12,14,17,21H,2-8,11,13H2,1H3. The van der Waals surface area contributed by atoms with E-state index in [2.05, 4.69) is 12.2 Å². The van der Waals surface area contributed by atoms with Gasteiger partial charge >= 0.3 is 0 Å². The van der Waals surface area contributed by atoms with Crippen LogP contribution in [0.2, 0.25) is 5.02 Å². The monoisotopic (exact) mass is 311 g/mol. The first-order chi connectivity index (χ1) is 10.2. The number of rotatable bonds is 6. The molecule has 0 heterocycles. The number of likely N-dealkylation sites (N-methyl/N-ethyl adjacent to an activating group) is 1. The Labute approximate surface area is 133 Å². The van der Waals surface area contributed by atoms with Crippen molar-refractivity contribution in [2.45, 2.75) is 64.3 Å². The van der Waals surface area contributed by atoms with Crippen LogP contribution in [0.4, 0.5) is 4.39 Å². The van der Waals surface area contributed by atoms with Gasteiger partial charge in [-0.3, -0.25) is 0 Å². The summed E-state index contributed by atoms with van der Waals surface area (Å²) in [6, 6.07) is 5.08. The van der Waals surface area contributed by atoms with E-state index < -0.39 is 0 Å². The molecule has 0 aliphatic heterocycles. The van der Waals surface area contributed by atoms with Gasteiger partial charge in [0.2, 0.25) is 0 Å². The van der Waals surface area contributed by atoms with Gasteiger partial charge in [0.05, 0.1) is 0 Å². The van der Waals surface area contributed by atoms with Gasteiger partial charge in [-0.05, 0) is 49.1 Å². The lowest BCUT2D eigenvalue weighted by molar-refractivity contribution is 0.353. The fourth-order valence-corrected chi connectivity index (χ4v) is 3.69. The van der Waals surface area contributed by atoms with E-state index in [-0.39, 0.29) is 5.82 Å². The largest absolute Gasteiger partial charge is 0.314 e. The average Bonchev–Trinajstić information content (AvgIpc) is 2.72. The first kappa shape index (κ1) is 16.8. The van der Waals surface area contributed by atoms with Crippen LogP contribution in [-0.4, -0.2) is 12.6 Å². The van der Waals surface area contributed by atoms with E-state index in [1.165, 1.54) is 51.0 Å². The predicted octanol–water partition coefficient (Wildman–Crippen LogP) is 5.36. The summed E-state index contributed by atoms with van der Waals surface area (Å²) in [5.74, 6) is 0.614. The number of hydrogen-bond acceptors (Lipinski definition) is 1. The van der Waals surface area contributed by atoms with Crippen molar-refractivity contribution in [2.75, 3.05) is 6.54 Å². The van der Waals surface area contributed by atoms with Crippen molar-refractivity contribution in [1.29, 1.82) is 0 Å². The lowest BCUT2D eigenvalue weighted by Crippen LogP contribution is -2.33. The SMILES string of the molecule is CCNC(Cc1cc(F)ccc1Cl)CC1CCCCCC1. The van der Waals surface area contributed by atoms with E-state index in [9.17, 15) is 4.39 Å². The highest BCUT2D eigenvalue weighted by Gasteiger charge is 2.19. The molecular weight excluding hydrogens is 285 g/mol. The minimum atomic E-state index is -0.195. The van der Waals surface area contributed by atoms with Crippen LogP contribution in [0, 0.1) is 11.7 Å². The lowest BCUT2D eigenvalue weighted by atomic mass is 9.90. The number of nitrogens with one attached hydrogen (secondary N) is 1. The molecule has 0 amide bonds. The molecule has 0 bridgehead atoms. The highest BCUT2D eigenvalue weighted by molar-refractivity contribution is 6.31. The van der Waals surface area contributed by atoms with Crippen molar-refractivity contribution in [3.05, 3.63) is 34.6 Å². The van der Waals surface area contributed by atoms with Gasteiger partial charge in [-0.25, -0.2) is 4.39 Å². The molecule has 1 aromatic rings. The van der Waals surface area contributed by atoms with Crippen LogP contribution in [-0.2, 0) is 6.42 Å². The third-order valence-electron chi connectivity index (χ3n) is 4.56. The third kappa shape index (κ3) is 5.60. The molecular formula is C18H27ClFN. The zero-order valence-electron chi connectivity index (χ0n) is 13.0. The summed E-state index contributed by atoms with van der Waals surface area (Å²) in [5.41, 5.74) is 0.927. The van der Waals surface area contributed by atoms with E-state index in [0.29, 0.717) is 11.1 Å². The fourth-order valence-electron chi connectivity index (χ4n) is 3.49. The van der Waals surface area contributed by atoms with Crippen LogP contribution in [0.25, 0.3) is 0 Å². The second-order valence-corrected chi connectivity index (χ2v) is 6.69. The van der Waals surface area contributed by atoms with Crippen LogP contribution < -0.4 is 5.32 Å². The highest BCUT2D eigenvalue weighted by Crippen LogP contribution is 2.28. The Balaban J connectivity index is 1.98. The molecule has 1 aliphatic carbocycles. The second kappa shape index (κ2) is 8.75. The number of benzene rings is 1. The summed E-state index contributed by atoms with van der Waals surface area (Å²) in [7, 11) is 0. The number of halogens is 2. The van der Waals surface area contributed by atoms with Crippen molar-refractivity contribution in [2.24, 2.45) is 5.92 Å². The molecule has 1 aliphatic rings. The first-order valence-corrected chi connectivity index (χ1v) is 8.74. The molecule has 1 saturated carbocycles. The summed E-state index contributed by atoms with van der Waals surface area (Å²) < 4.78 is 13.4. The zero-order valence-corrected chi connectivity index (χ0v) is 13.8. The molecule has 0 aromatic heterocycles. The maximum atomic E-state index is 13.4. The topological polar surface area (TPSA) is 12.0 Å².